The van der Waals surface area contributed by atoms with Crippen molar-refractivity contribution in [3.63, 3.8) is 0 Å². The van der Waals surface area contributed by atoms with Gasteiger partial charge in [0.25, 0.3) is 0 Å². The van der Waals surface area contributed by atoms with Crippen LogP contribution in [0.1, 0.15) is 56.1 Å². The molecule has 2 aromatic rings. The van der Waals surface area contributed by atoms with Crippen LogP contribution in [0.4, 0.5) is 4.79 Å². The first-order chi connectivity index (χ1) is 16.4. The number of ether oxygens (including phenoxy) is 1. The predicted molar refractivity (Wildman–Crippen MR) is 128 cm³/mol. The summed E-state index contributed by atoms with van der Waals surface area (Å²) in [7, 11) is 0. The van der Waals surface area contributed by atoms with E-state index >= 15 is 0 Å². The van der Waals surface area contributed by atoms with Crippen molar-refractivity contribution in [2.24, 2.45) is 11.8 Å². The van der Waals surface area contributed by atoms with E-state index in [4.69, 9.17) is 9.84 Å². The zero-order valence-electron chi connectivity index (χ0n) is 19.5. The maximum atomic E-state index is 12.5. The molecule has 4 rings (SSSR count). The second-order valence-electron chi connectivity index (χ2n) is 9.42. The molecule has 34 heavy (non-hydrogen) atoms. The monoisotopic (exact) mass is 464 g/mol. The number of hydrogen-bond donors (Lipinski definition) is 3. The van der Waals surface area contributed by atoms with E-state index in [-0.39, 0.29) is 42.7 Å². The van der Waals surface area contributed by atoms with Gasteiger partial charge in [0.1, 0.15) is 6.61 Å². The van der Waals surface area contributed by atoms with Gasteiger partial charge in [0.15, 0.2) is 0 Å². The van der Waals surface area contributed by atoms with Crippen molar-refractivity contribution in [2.45, 2.75) is 51.0 Å². The van der Waals surface area contributed by atoms with Crippen LogP contribution in [0.5, 0.6) is 0 Å². The van der Waals surface area contributed by atoms with Gasteiger partial charge in [-0.1, -0.05) is 55.5 Å². The third-order valence-electron chi connectivity index (χ3n) is 6.99. The molecule has 0 radical (unpaired) electrons. The van der Waals surface area contributed by atoms with E-state index < -0.39 is 12.1 Å². The van der Waals surface area contributed by atoms with Crippen LogP contribution in [-0.4, -0.2) is 42.3 Å². The number of carboxylic acids is 1. The van der Waals surface area contributed by atoms with Gasteiger partial charge in [-0.3, -0.25) is 9.59 Å². The summed E-state index contributed by atoms with van der Waals surface area (Å²) in [6.07, 6.45) is 2.53. The van der Waals surface area contributed by atoms with Gasteiger partial charge >= 0.3 is 12.1 Å². The zero-order valence-corrected chi connectivity index (χ0v) is 19.5. The molecule has 180 valence electrons. The highest BCUT2D eigenvalue weighted by Gasteiger charge is 2.30. The summed E-state index contributed by atoms with van der Waals surface area (Å²) in [5, 5.41) is 14.7. The van der Waals surface area contributed by atoms with Crippen LogP contribution in [0.2, 0.25) is 0 Å². The number of alkyl carbamates (subject to hydrolysis) is 1. The van der Waals surface area contributed by atoms with Gasteiger partial charge in [0, 0.05) is 30.8 Å². The summed E-state index contributed by atoms with van der Waals surface area (Å²) in [5.74, 6) is -0.958. The Hall–Kier alpha value is -3.35. The van der Waals surface area contributed by atoms with Crippen LogP contribution in [-0.2, 0) is 14.3 Å². The molecule has 0 saturated heterocycles. The molecule has 7 heteroatoms. The van der Waals surface area contributed by atoms with Gasteiger partial charge in [-0.05, 0) is 53.9 Å². The Balaban J connectivity index is 1.19. The SMILES string of the molecule is CC(CCNC(=O)OCC1c2ccccc2-c2ccccc21)C(=O)N[C@@H]1CC[C@H](CC(=O)O)C1. The molecular formula is C27H32N2O5. The van der Waals surface area contributed by atoms with E-state index in [0.717, 1.165) is 12.8 Å². The lowest BCUT2D eigenvalue weighted by Gasteiger charge is -2.18. The second-order valence-corrected chi connectivity index (χ2v) is 9.42. The predicted octanol–water partition coefficient (Wildman–Crippen LogP) is 4.31. The number of amides is 2. The standard InChI is InChI=1S/C27H32N2O5/c1-17(26(32)29-19-11-10-18(14-19)15-25(30)31)12-13-28-27(33)34-16-24-22-8-4-2-6-20(22)21-7-3-5-9-23(21)24/h2-9,17-19,24H,10-16H2,1H3,(H,28,33)(H,29,32)(H,30,31)/t17?,18-,19+/m0/s1. The molecule has 0 aromatic heterocycles. The number of fused-ring (bicyclic) bond motifs is 3. The van der Waals surface area contributed by atoms with Gasteiger partial charge in [-0.2, -0.15) is 0 Å². The van der Waals surface area contributed by atoms with Gasteiger partial charge < -0.3 is 20.5 Å². The molecule has 0 bridgehead atoms. The number of rotatable bonds is 9. The zero-order chi connectivity index (χ0) is 24.1. The molecule has 0 aliphatic heterocycles. The molecule has 1 unspecified atom stereocenters. The third-order valence-corrected chi connectivity index (χ3v) is 6.99. The minimum absolute atomic E-state index is 0.0132. The summed E-state index contributed by atoms with van der Waals surface area (Å²) in [4.78, 5) is 35.6. The Morgan fingerprint density at radius 2 is 1.68 bits per heavy atom. The Kier molecular flexibility index (Phi) is 7.50. The molecular weight excluding hydrogens is 432 g/mol. The van der Waals surface area contributed by atoms with Crippen LogP contribution in [0.3, 0.4) is 0 Å². The molecule has 0 spiro atoms. The van der Waals surface area contributed by atoms with Crippen molar-refractivity contribution in [3.8, 4) is 11.1 Å². The summed E-state index contributed by atoms with van der Waals surface area (Å²) in [6.45, 7) is 2.44. The Morgan fingerprint density at radius 3 is 2.32 bits per heavy atom. The van der Waals surface area contributed by atoms with Crippen LogP contribution in [0.25, 0.3) is 11.1 Å². The number of carboxylic acid groups (broad SMARTS) is 1. The molecule has 0 heterocycles. The average molecular weight is 465 g/mol. The Labute approximate surface area is 199 Å². The molecule has 2 aromatic carbocycles. The minimum Gasteiger partial charge on any atom is -0.481 e. The lowest BCUT2D eigenvalue weighted by molar-refractivity contribution is -0.138. The normalized spacial score (nSPS) is 19.7. The van der Waals surface area contributed by atoms with Crippen molar-refractivity contribution >= 4 is 18.0 Å². The van der Waals surface area contributed by atoms with Gasteiger partial charge in [0.05, 0.1) is 0 Å². The number of carbonyl (C=O) groups is 3. The molecule has 3 atom stereocenters. The van der Waals surface area contributed by atoms with Crippen molar-refractivity contribution in [2.75, 3.05) is 13.2 Å². The summed E-state index contributed by atoms with van der Waals surface area (Å²) in [5.41, 5.74) is 4.70. The lowest BCUT2D eigenvalue weighted by Crippen LogP contribution is -2.38. The molecule has 7 nitrogen and oxygen atoms in total. The molecule has 1 saturated carbocycles. The Bertz CT molecular complexity index is 1010. The fourth-order valence-corrected chi connectivity index (χ4v) is 5.15. The van der Waals surface area contributed by atoms with Crippen LogP contribution in [0.15, 0.2) is 48.5 Å². The quantitative estimate of drug-likeness (QED) is 0.513. The number of carbonyl (C=O) groups excluding carboxylic acids is 2. The fourth-order valence-electron chi connectivity index (χ4n) is 5.15. The molecule has 2 aliphatic carbocycles. The summed E-state index contributed by atoms with van der Waals surface area (Å²) < 4.78 is 5.53. The van der Waals surface area contributed by atoms with Gasteiger partial charge in [0.2, 0.25) is 5.91 Å². The maximum Gasteiger partial charge on any atom is 0.407 e. The van der Waals surface area contributed by atoms with Crippen LogP contribution >= 0.6 is 0 Å². The third kappa shape index (κ3) is 5.58. The number of benzene rings is 2. The van der Waals surface area contributed by atoms with E-state index in [1.807, 2.05) is 31.2 Å². The maximum absolute atomic E-state index is 12.5. The number of aliphatic carboxylic acids is 1. The minimum atomic E-state index is -0.787. The fraction of sp³-hybridized carbons (Fsp3) is 0.444. The van der Waals surface area contributed by atoms with E-state index in [2.05, 4.69) is 34.9 Å². The molecule has 2 amide bonds. The number of nitrogens with one attached hydrogen (secondary N) is 2. The first-order valence-corrected chi connectivity index (χ1v) is 12.0. The van der Waals surface area contributed by atoms with E-state index in [1.165, 1.54) is 22.3 Å². The largest absolute Gasteiger partial charge is 0.481 e. The topological polar surface area (TPSA) is 105 Å². The van der Waals surface area contributed by atoms with Crippen molar-refractivity contribution < 1.29 is 24.2 Å². The van der Waals surface area contributed by atoms with Crippen molar-refractivity contribution in [1.29, 1.82) is 0 Å². The molecule has 2 aliphatic rings. The molecule has 3 N–H and O–H groups in total. The Morgan fingerprint density at radius 1 is 1.03 bits per heavy atom. The van der Waals surface area contributed by atoms with Gasteiger partial charge in [-0.25, -0.2) is 4.79 Å². The first kappa shape index (κ1) is 23.8. The average Bonchev–Trinajstić information content (AvgIpc) is 3.39. The van der Waals surface area contributed by atoms with Gasteiger partial charge in [-0.15, -0.1) is 0 Å². The second kappa shape index (κ2) is 10.7. The lowest BCUT2D eigenvalue weighted by atomic mass is 9.98. The molecule has 1 fully saturated rings. The van der Waals surface area contributed by atoms with Crippen LogP contribution < -0.4 is 10.6 Å². The van der Waals surface area contributed by atoms with Crippen molar-refractivity contribution in [1.82, 2.24) is 10.6 Å². The first-order valence-electron chi connectivity index (χ1n) is 12.0. The van der Waals surface area contributed by atoms with E-state index in [9.17, 15) is 14.4 Å². The van der Waals surface area contributed by atoms with Crippen LogP contribution in [0, 0.1) is 11.8 Å². The highest BCUT2D eigenvalue weighted by molar-refractivity contribution is 5.79. The highest BCUT2D eigenvalue weighted by Crippen LogP contribution is 2.44. The summed E-state index contributed by atoms with van der Waals surface area (Å²) >= 11 is 0. The smallest absolute Gasteiger partial charge is 0.407 e. The highest BCUT2D eigenvalue weighted by atomic mass is 16.5. The summed E-state index contributed by atoms with van der Waals surface area (Å²) in [6, 6.07) is 16.4. The van der Waals surface area contributed by atoms with Crippen molar-refractivity contribution in [3.05, 3.63) is 59.7 Å². The van der Waals surface area contributed by atoms with E-state index in [0.29, 0.717) is 19.4 Å². The number of hydrogen-bond acceptors (Lipinski definition) is 4. The van der Waals surface area contributed by atoms with E-state index in [1.54, 1.807) is 0 Å².